The molecule has 0 atom stereocenters. The Bertz CT molecular complexity index is 534. The molecule has 104 valence electrons. The van der Waals surface area contributed by atoms with Crippen molar-refractivity contribution in [3.8, 4) is 11.5 Å². The summed E-state index contributed by atoms with van der Waals surface area (Å²) < 4.78 is 15.5. The van der Waals surface area contributed by atoms with Crippen LogP contribution in [0.25, 0.3) is 0 Å². The maximum atomic E-state index is 11.5. The van der Waals surface area contributed by atoms with E-state index in [9.17, 15) is 4.79 Å². The van der Waals surface area contributed by atoms with E-state index < -0.39 is 5.97 Å². The number of esters is 1. The van der Waals surface area contributed by atoms with E-state index in [-0.39, 0.29) is 13.2 Å². The van der Waals surface area contributed by atoms with E-state index in [1.54, 1.807) is 31.4 Å². The zero-order valence-corrected chi connectivity index (χ0v) is 11.2. The first-order valence-electron chi connectivity index (χ1n) is 6.24. The molecule has 0 unspecified atom stereocenters. The molecule has 0 saturated carbocycles. The number of hydrogen-bond acceptors (Lipinski definition) is 4. The van der Waals surface area contributed by atoms with Gasteiger partial charge in [0.05, 0.1) is 7.11 Å². The topological polar surface area (TPSA) is 44.8 Å². The Morgan fingerprint density at radius 3 is 2.25 bits per heavy atom. The summed E-state index contributed by atoms with van der Waals surface area (Å²) in [6.07, 6.45) is 0. The molecule has 0 saturated heterocycles. The van der Waals surface area contributed by atoms with Crippen LogP contribution in [0.2, 0.25) is 0 Å². The van der Waals surface area contributed by atoms with Gasteiger partial charge < -0.3 is 14.2 Å². The molecule has 0 radical (unpaired) electrons. The molecular formula is C16H16O4. The zero-order valence-electron chi connectivity index (χ0n) is 11.2. The summed E-state index contributed by atoms with van der Waals surface area (Å²) in [5, 5.41) is 0. The van der Waals surface area contributed by atoms with Crippen molar-refractivity contribution in [1.82, 2.24) is 0 Å². The highest BCUT2D eigenvalue weighted by Gasteiger charge is 2.05. The predicted molar refractivity (Wildman–Crippen MR) is 74.7 cm³/mol. The Kier molecular flexibility index (Phi) is 5.00. The van der Waals surface area contributed by atoms with Crippen LogP contribution in [0.15, 0.2) is 54.6 Å². The maximum absolute atomic E-state index is 11.5. The van der Waals surface area contributed by atoms with Crippen molar-refractivity contribution in [2.24, 2.45) is 0 Å². The second kappa shape index (κ2) is 7.19. The number of ether oxygens (including phenoxy) is 3. The Morgan fingerprint density at radius 1 is 0.950 bits per heavy atom. The van der Waals surface area contributed by atoms with Gasteiger partial charge in [-0.05, 0) is 29.8 Å². The molecule has 2 aromatic carbocycles. The van der Waals surface area contributed by atoms with E-state index >= 15 is 0 Å². The van der Waals surface area contributed by atoms with Crippen LogP contribution < -0.4 is 9.47 Å². The molecule has 20 heavy (non-hydrogen) atoms. The van der Waals surface area contributed by atoms with Crippen molar-refractivity contribution in [1.29, 1.82) is 0 Å². The second-order valence-electron chi connectivity index (χ2n) is 4.11. The van der Waals surface area contributed by atoms with Gasteiger partial charge in [-0.1, -0.05) is 30.3 Å². The minimum atomic E-state index is -0.398. The average molecular weight is 272 g/mol. The van der Waals surface area contributed by atoms with Gasteiger partial charge in [-0.3, -0.25) is 0 Å². The lowest BCUT2D eigenvalue weighted by molar-refractivity contribution is -0.147. The van der Waals surface area contributed by atoms with E-state index in [0.29, 0.717) is 5.75 Å². The van der Waals surface area contributed by atoms with Gasteiger partial charge in [0.25, 0.3) is 0 Å². The lowest BCUT2D eigenvalue weighted by atomic mass is 10.2. The minimum absolute atomic E-state index is 0.112. The number of carbonyl (C=O) groups excluding carboxylic acids is 1. The Morgan fingerprint density at radius 2 is 1.60 bits per heavy atom. The van der Waals surface area contributed by atoms with Gasteiger partial charge in [-0.2, -0.15) is 0 Å². The van der Waals surface area contributed by atoms with Crippen molar-refractivity contribution in [3.05, 3.63) is 60.2 Å². The highest BCUT2D eigenvalue weighted by atomic mass is 16.6. The number of benzene rings is 2. The van der Waals surface area contributed by atoms with Crippen molar-refractivity contribution in [2.45, 2.75) is 6.61 Å². The SMILES string of the molecule is COc1ccc(OCC(=O)OCc2ccccc2)cc1. The number of carbonyl (C=O) groups is 1. The predicted octanol–water partition coefficient (Wildman–Crippen LogP) is 2.82. The van der Waals surface area contributed by atoms with E-state index in [2.05, 4.69) is 0 Å². The van der Waals surface area contributed by atoms with Crippen LogP contribution in [0, 0.1) is 0 Å². The van der Waals surface area contributed by atoms with Crippen LogP contribution in [-0.2, 0) is 16.1 Å². The third-order valence-corrected chi connectivity index (χ3v) is 2.66. The molecule has 0 amide bonds. The lowest BCUT2D eigenvalue weighted by Crippen LogP contribution is -2.14. The fourth-order valence-electron chi connectivity index (χ4n) is 1.59. The molecule has 4 nitrogen and oxygen atoms in total. The summed E-state index contributed by atoms with van der Waals surface area (Å²) in [5.41, 5.74) is 0.949. The van der Waals surface area contributed by atoms with Crippen molar-refractivity contribution < 1.29 is 19.0 Å². The van der Waals surface area contributed by atoms with Crippen LogP contribution >= 0.6 is 0 Å². The highest BCUT2D eigenvalue weighted by molar-refractivity contribution is 5.71. The zero-order chi connectivity index (χ0) is 14.2. The van der Waals surface area contributed by atoms with Crippen LogP contribution in [0.3, 0.4) is 0 Å². The Hall–Kier alpha value is -2.49. The molecular weight excluding hydrogens is 256 g/mol. The van der Waals surface area contributed by atoms with E-state index in [1.807, 2.05) is 30.3 Å². The molecule has 0 fully saturated rings. The van der Waals surface area contributed by atoms with Gasteiger partial charge in [-0.25, -0.2) is 4.79 Å². The molecule has 0 aliphatic heterocycles. The first kappa shape index (κ1) is 13.9. The van der Waals surface area contributed by atoms with Crippen LogP contribution in [0.5, 0.6) is 11.5 Å². The molecule has 0 bridgehead atoms. The van der Waals surface area contributed by atoms with E-state index in [0.717, 1.165) is 11.3 Å². The summed E-state index contributed by atoms with van der Waals surface area (Å²) in [4.78, 5) is 11.5. The van der Waals surface area contributed by atoms with Gasteiger partial charge in [0, 0.05) is 0 Å². The Balaban J connectivity index is 1.74. The normalized spacial score (nSPS) is 9.85. The highest BCUT2D eigenvalue weighted by Crippen LogP contribution is 2.16. The quantitative estimate of drug-likeness (QED) is 0.758. The molecule has 0 spiro atoms. The van der Waals surface area contributed by atoms with Crippen molar-refractivity contribution >= 4 is 5.97 Å². The fraction of sp³-hybridized carbons (Fsp3) is 0.188. The standard InChI is InChI=1S/C16H16O4/c1-18-14-7-9-15(10-8-14)19-12-16(17)20-11-13-5-3-2-4-6-13/h2-10H,11-12H2,1H3. The summed E-state index contributed by atoms with van der Waals surface area (Å²) in [6.45, 7) is 0.144. The minimum Gasteiger partial charge on any atom is -0.497 e. The smallest absolute Gasteiger partial charge is 0.344 e. The van der Waals surface area contributed by atoms with Gasteiger partial charge in [0.15, 0.2) is 6.61 Å². The molecule has 0 aliphatic carbocycles. The van der Waals surface area contributed by atoms with E-state index in [4.69, 9.17) is 14.2 Å². The van der Waals surface area contributed by atoms with Crippen molar-refractivity contribution in [3.63, 3.8) is 0 Å². The molecule has 2 aromatic rings. The first-order valence-corrected chi connectivity index (χ1v) is 6.24. The van der Waals surface area contributed by atoms with Gasteiger partial charge in [0.1, 0.15) is 18.1 Å². The maximum Gasteiger partial charge on any atom is 0.344 e. The average Bonchev–Trinajstić information content (AvgIpc) is 2.52. The molecule has 4 heteroatoms. The second-order valence-corrected chi connectivity index (χ2v) is 4.11. The van der Waals surface area contributed by atoms with E-state index in [1.165, 1.54) is 0 Å². The lowest BCUT2D eigenvalue weighted by Gasteiger charge is -2.07. The summed E-state index contributed by atoms with van der Waals surface area (Å²) >= 11 is 0. The third kappa shape index (κ3) is 4.31. The van der Waals surface area contributed by atoms with Gasteiger partial charge >= 0.3 is 5.97 Å². The van der Waals surface area contributed by atoms with Crippen LogP contribution in [-0.4, -0.2) is 19.7 Å². The summed E-state index contributed by atoms with van der Waals surface area (Å²) in [7, 11) is 1.59. The molecule has 0 N–H and O–H groups in total. The molecule has 0 aliphatic rings. The Labute approximate surface area is 117 Å². The molecule has 2 rings (SSSR count). The number of methoxy groups -OCH3 is 1. The summed E-state index contributed by atoms with van der Waals surface area (Å²) in [6, 6.07) is 16.5. The van der Waals surface area contributed by atoms with Crippen molar-refractivity contribution in [2.75, 3.05) is 13.7 Å². The van der Waals surface area contributed by atoms with Gasteiger partial charge in [-0.15, -0.1) is 0 Å². The molecule has 0 aromatic heterocycles. The monoisotopic (exact) mass is 272 g/mol. The van der Waals surface area contributed by atoms with Crippen LogP contribution in [0.4, 0.5) is 0 Å². The molecule has 0 heterocycles. The summed E-state index contributed by atoms with van der Waals surface area (Å²) in [5.74, 6) is 0.941. The fourth-order valence-corrected chi connectivity index (χ4v) is 1.59. The number of rotatable bonds is 6. The van der Waals surface area contributed by atoms with Crippen LogP contribution in [0.1, 0.15) is 5.56 Å². The first-order chi connectivity index (χ1) is 9.78. The largest absolute Gasteiger partial charge is 0.497 e. The third-order valence-electron chi connectivity index (χ3n) is 2.66. The van der Waals surface area contributed by atoms with Gasteiger partial charge in [0.2, 0.25) is 0 Å². The number of hydrogen-bond donors (Lipinski definition) is 0.